The third-order valence-corrected chi connectivity index (χ3v) is 4.26. The molecule has 3 aromatic carbocycles. The van der Waals surface area contributed by atoms with E-state index in [9.17, 15) is 0 Å². The fourth-order valence-corrected chi connectivity index (χ4v) is 2.60. The van der Waals surface area contributed by atoms with Crippen LogP contribution in [0.5, 0.6) is 0 Å². The summed E-state index contributed by atoms with van der Waals surface area (Å²) in [5.41, 5.74) is 6.35. The van der Waals surface area contributed by atoms with E-state index < -0.39 is 35.6 Å². The summed E-state index contributed by atoms with van der Waals surface area (Å²) in [5.74, 6) is 0. The molecule has 2 N–H and O–H groups in total. The lowest BCUT2D eigenvalue weighted by atomic mass is 9.83. The molecule has 0 aliphatic heterocycles. The largest absolute Gasteiger partial charge is 0.397 e. The van der Waals surface area contributed by atoms with Gasteiger partial charge >= 0.3 is 0 Å². The lowest BCUT2D eigenvalue weighted by Gasteiger charge is -2.22. The minimum atomic E-state index is -0.695. The van der Waals surface area contributed by atoms with Gasteiger partial charge in [-0.1, -0.05) is 75.2 Å². The number of anilines is 1. The predicted molar refractivity (Wildman–Crippen MR) is 108 cm³/mol. The Kier molecular flexibility index (Phi) is 2.53. The van der Waals surface area contributed by atoms with Crippen LogP contribution in [0.3, 0.4) is 0 Å². The standard InChI is InChI=1S/C22H22BrN/c1-22(2,3)18-13-16(15-8-5-4-6-9-15)12-17(14-18)19-10-7-11-20(23)21(19)24/h4-14H,24H2,1-3H3/i4D,5D,6D,8D,9D,12D,13D,14D. The van der Waals surface area contributed by atoms with E-state index in [1.54, 1.807) is 18.2 Å². The third kappa shape index (κ3) is 3.39. The van der Waals surface area contributed by atoms with Crippen LogP contribution in [0.15, 0.2) is 71.0 Å². The summed E-state index contributed by atoms with van der Waals surface area (Å²) in [5, 5.41) is 0. The summed E-state index contributed by atoms with van der Waals surface area (Å²) in [6, 6.07) is 1.93. The van der Waals surface area contributed by atoms with Crippen LogP contribution in [0.25, 0.3) is 22.3 Å². The van der Waals surface area contributed by atoms with Gasteiger partial charge in [-0.3, -0.25) is 0 Å². The monoisotopic (exact) mass is 387 g/mol. The Bertz CT molecular complexity index is 1240. The van der Waals surface area contributed by atoms with Crippen molar-refractivity contribution in [2.24, 2.45) is 0 Å². The fraction of sp³-hybridized carbons (Fsp3) is 0.182. The molecule has 1 nitrogen and oxygen atoms in total. The number of para-hydroxylation sites is 1. The van der Waals surface area contributed by atoms with E-state index >= 15 is 0 Å². The van der Waals surface area contributed by atoms with Crippen LogP contribution in [0.4, 0.5) is 5.69 Å². The molecular weight excluding hydrogens is 358 g/mol. The number of hydrogen-bond acceptors (Lipinski definition) is 1. The van der Waals surface area contributed by atoms with Crippen LogP contribution >= 0.6 is 15.9 Å². The van der Waals surface area contributed by atoms with E-state index in [0.29, 0.717) is 21.3 Å². The van der Waals surface area contributed by atoms with Crippen molar-refractivity contribution in [3.63, 3.8) is 0 Å². The van der Waals surface area contributed by atoms with Crippen molar-refractivity contribution in [2.45, 2.75) is 26.2 Å². The highest BCUT2D eigenvalue weighted by Crippen LogP contribution is 2.37. The first kappa shape index (κ1) is 9.43. The van der Waals surface area contributed by atoms with Gasteiger partial charge in [0.1, 0.15) is 0 Å². The van der Waals surface area contributed by atoms with Crippen LogP contribution in [0.2, 0.25) is 0 Å². The zero-order valence-electron chi connectivity index (χ0n) is 21.7. The Morgan fingerprint density at radius 2 is 1.58 bits per heavy atom. The normalized spacial score (nSPS) is 16.2. The maximum Gasteiger partial charge on any atom is 0.0636 e. The minimum Gasteiger partial charge on any atom is -0.397 e. The van der Waals surface area contributed by atoms with Crippen LogP contribution in [-0.2, 0) is 5.41 Å². The third-order valence-electron chi connectivity index (χ3n) is 3.57. The highest BCUT2D eigenvalue weighted by Gasteiger charge is 2.17. The Morgan fingerprint density at radius 3 is 2.25 bits per heavy atom. The summed E-state index contributed by atoms with van der Waals surface area (Å²) in [7, 11) is 0. The molecule has 2 heteroatoms. The second kappa shape index (κ2) is 6.45. The first-order valence-corrected chi connectivity index (χ1v) is 8.26. The first-order valence-electron chi connectivity index (χ1n) is 11.5. The van der Waals surface area contributed by atoms with Crippen molar-refractivity contribution in [1.29, 1.82) is 0 Å². The Balaban J connectivity index is 2.63. The SMILES string of the molecule is [2H]c1c([2H])c([2H])c(-c2c([2H])c(-c3cccc(Br)c3N)c([2H])c(C(C)(C)C)c2[2H])c([2H])c1[2H]. The van der Waals surface area contributed by atoms with Gasteiger partial charge in [-0.25, -0.2) is 0 Å². The molecule has 0 radical (unpaired) electrons. The molecule has 0 aromatic heterocycles. The molecule has 122 valence electrons. The van der Waals surface area contributed by atoms with Crippen molar-refractivity contribution in [3.05, 3.63) is 76.6 Å². The number of rotatable bonds is 2. The van der Waals surface area contributed by atoms with E-state index in [1.165, 1.54) is 0 Å². The zero-order valence-corrected chi connectivity index (χ0v) is 15.3. The molecule has 3 rings (SSSR count). The molecule has 0 heterocycles. The van der Waals surface area contributed by atoms with Gasteiger partial charge in [-0.15, -0.1) is 0 Å². The summed E-state index contributed by atoms with van der Waals surface area (Å²) < 4.78 is 67.9. The van der Waals surface area contributed by atoms with Crippen LogP contribution in [0, 0.1) is 0 Å². The average Bonchev–Trinajstić information content (AvgIpc) is 2.69. The van der Waals surface area contributed by atoms with Gasteiger partial charge in [0, 0.05) is 10.0 Å². The van der Waals surface area contributed by atoms with Gasteiger partial charge in [-0.2, -0.15) is 0 Å². The van der Waals surface area contributed by atoms with Gasteiger partial charge < -0.3 is 5.73 Å². The van der Waals surface area contributed by atoms with Gasteiger partial charge in [0.15, 0.2) is 0 Å². The Hall–Kier alpha value is -2.06. The predicted octanol–water partition coefficient (Wildman–Crippen LogP) is 6.66. The van der Waals surface area contributed by atoms with Crippen molar-refractivity contribution in [3.8, 4) is 22.3 Å². The number of nitrogens with two attached hydrogens (primary N) is 1. The molecule has 0 amide bonds. The minimum absolute atomic E-state index is 0.0478. The van der Waals surface area contributed by atoms with Crippen LogP contribution in [-0.4, -0.2) is 0 Å². The smallest absolute Gasteiger partial charge is 0.0636 e. The molecule has 0 saturated carbocycles. The van der Waals surface area contributed by atoms with E-state index in [0.717, 1.165) is 0 Å². The molecule has 0 aliphatic carbocycles. The topological polar surface area (TPSA) is 26.0 Å². The quantitative estimate of drug-likeness (QED) is 0.488. The average molecular weight is 388 g/mol. The molecule has 3 aromatic rings. The van der Waals surface area contributed by atoms with Crippen molar-refractivity contribution >= 4 is 21.6 Å². The Morgan fingerprint density at radius 1 is 0.917 bits per heavy atom. The molecule has 0 saturated heterocycles. The van der Waals surface area contributed by atoms with Gasteiger partial charge in [0.2, 0.25) is 0 Å². The van der Waals surface area contributed by atoms with Gasteiger partial charge in [0.05, 0.1) is 16.7 Å². The summed E-state index contributed by atoms with van der Waals surface area (Å²) in [6.07, 6.45) is 0. The van der Waals surface area contributed by atoms with Crippen LogP contribution in [0.1, 0.15) is 37.3 Å². The second-order valence-corrected chi connectivity index (χ2v) is 7.31. The highest BCUT2D eigenvalue weighted by atomic mass is 79.9. The van der Waals surface area contributed by atoms with E-state index in [1.807, 2.05) is 20.8 Å². The summed E-state index contributed by atoms with van der Waals surface area (Å²) >= 11 is 3.36. The maximum absolute atomic E-state index is 8.91. The number of benzene rings is 3. The van der Waals surface area contributed by atoms with Gasteiger partial charge in [-0.05, 0) is 55.7 Å². The highest BCUT2D eigenvalue weighted by molar-refractivity contribution is 9.10. The maximum atomic E-state index is 8.91. The van der Waals surface area contributed by atoms with Crippen molar-refractivity contribution in [1.82, 2.24) is 0 Å². The molecule has 24 heavy (non-hydrogen) atoms. The Labute approximate surface area is 163 Å². The zero-order chi connectivity index (χ0) is 24.3. The molecule has 0 bridgehead atoms. The van der Waals surface area contributed by atoms with E-state index in [2.05, 4.69) is 15.9 Å². The number of halogens is 1. The van der Waals surface area contributed by atoms with E-state index in [-0.39, 0.29) is 34.8 Å². The molecule has 0 aliphatic rings. The molecular formula is C22H22BrN. The second-order valence-electron chi connectivity index (χ2n) is 6.45. The van der Waals surface area contributed by atoms with Crippen molar-refractivity contribution < 1.29 is 11.0 Å². The fourth-order valence-electron chi connectivity index (χ4n) is 2.23. The lowest BCUT2D eigenvalue weighted by molar-refractivity contribution is 0.590. The molecule has 0 spiro atoms. The summed E-state index contributed by atoms with van der Waals surface area (Å²) in [4.78, 5) is 0. The summed E-state index contributed by atoms with van der Waals surface area (Å²) in [6.45, 7) is 5.46. The van der Waals surface area contributed by atoms with Crippen LogP contribution < -0.4 is 5.73 Å². The molecule has 0 fully saturated rings. The number of nitrogen functional groups attached to an aromatic ring is 1. The molecule has 0 atom stereocenters. The van der Waals surface area contributed by atoms with E-state index in [4.69, 9.17) is 16.7 Å². The van der Waals surface area contributed by atoms with Gasteiger partial charge in [0.25, 0.3) is 0 Å². The first-order chi connectivity index (χ1) is 14.7. The van der Waals surface area contributed by atoms with Crippen molar-refractivity contribution in [2.75, 3.05) is 5.73 Å². The number of hydrogen-bond donors (Lipinski definition) is 1. The lowest BCUT2D eigenvalue weighted by Crippen LogP contribution is -2.11. The molecule has 0 unspecified atom stereocenters.